The number of nitriles is 2. The minimum atomic E-state index is -0.550. The minimum absolute atomic E-state index is 0.0548. The average molecular weight is 348 g/mol. The molecule has 0 saturated carbocycles. The highest BCUT2D eigenvalue weighted by Crippen LogP contribution is 2.25. The number of hydrogen-bond acceptors (Lipinski definition) is 7. The van der Waals surface area contributed by atoms with Crippen molar-refractivity contribution in [1.82, 2.24) is 4.98 Å². The fourth-order valence-corrected chi connectivity index (χ4v) is 3.00. The molecule has 1 N–H and O–H groups in total. The molecule has 1 aliphatic heterocycles. The maximum atomic E-state index is 10.9. The fraction of sp³-hybridized carbons (Fsp3) is 0.278. The van der Waals surface area contributed by atoms with Crippen LogP contribution in [0.2, 0.25) is 0 Å². The molecule has 1 aromatic heterocycles. The van der Waals surface area contributed by atoms with Crippen molar-refractivity contribution in [2.24, 2.45) is 0 Å². The van der Waals surface area contributed by atoms with Crippen LogP contribution >= 0.6 is 0 Å². The van der Waals surface area contributed by atoms with E-state index in [0.717, 1.165) is 31.7 Å². The molecule has 0 amide bonds. The van der Waals surface area contributed by atoms with Crippen LogP contribution in [-0.2, 0) is 0 Å². The molecule has 0 atom stereocenters. The predicted octanol–water partition coefficient (Wildman–Crippen LogP) is 2.81. The number of nitro groups is 1. The lowest BCUT2D eigenvalue weighted by Gasteiger charge is -2.33. The van der Waals surface area contributed by atoms with Crippen LogP contribution in [0.25, 0.3) is 0 Å². The number of hydrogen-bond donors (Lipinski definition) is 1. The Morgan fingerprint density at radius 3 is 2.54 bits per heavy atom. The van der Waals surface area contributed by atoms with Gasteiger partial charge in [-0.3, -0.25) is 10.1 Å². The molecule has 0 spiro atoms. The first-order valence-electron chi connectivity index (χ1n) is 8.17. The van der Waals surface area contributed by atoms with Gasteiger partial charge in [0, 0.05) is 37.1 Å². The molecule has 3 rings (SSSR count). The van der Waals surface area contributed by atoms with Gasteiger partial charge in [-0.2, -0.15) is 10.5 Å². The molecule has 2 heterocycles. The Morgan fingerprint density at radius 2 is 1.96 bits per heavy atom. The highest BCUT2D eigenvalue weighted by Gasteiger charge is 2.21. The second-order valence-corrected chi connectivity index (χ2v) is 6.02. The van der Waals surface area contributed by atoms with Crippen molar-refractivity contribution in [1.29, 1.82) is 10.5 Å². The highest BCUT2D eigenvalue weighted by atomic mass is 16.6. The zero-order valence-corrected chi connectivity index (χ0v) is 13.9. The summed E-state index contributed by atoms with van der Waals surface area (Å²) in [6.45, 7) is 1.63. The summed E-state index contributed by atoms with van der Waals surface area (Å²) in [5.41, 5.74) is 1.12. The number of benzene rings is 1. The van der Waals surface area contributed by atoms with E-state index >= 15 is 0 Å². The van der Waals surface area contributed by atoms with Gasteiger partial charge in [0.15, 0.2) is 0 Å². The monoisotopic (exact) mass is 348 g/mol. The molecule has 1 fully saturated rings. The van der Waals surface area contributed by atoms with E-state index < -0.39 is 4.92 Å². The Kier molecular flexibility index (Phi) is 4.95. The molecule has 2 aromatic rings. The van der Waals surface area contributed by atoms with E-state index in [9.17, 15) is 10.1 Å². The Balaban J connectivity index is 1.61. The van der Waals surface area contributed by atoms with Gasteiger partial charge < -0.3 is 10.2 Å². The van der Waals surface area contributed by atoms with Crippen molar-refractivity contribution in [3.63, 3.8) is 0 Å². The minimum Gasteiger partial charge on any atom is -0.382 e. The number of aromatic nitrogens is 1. The Morgan fingerprint density at radius 1 is 1.19 bits per heavy atom. The van der Waals surface area contributed by atoms with Gasteiger partial charge in [0.05, 0.1) is 10.5 Å². The van der Waals surface area contributed by atoms with Crippen LogP contribution in [0.4, 0.5) is 17.2 Å². The van der Waals surface area contributed by atoms with Gasteiger partial charge in [-0.25, -0.2) is 4.98 Å². The first kappa shape index (κ1) is 17.2. The molecule has 8 nitrogen and oxygen atoms in total. The summed E-state index contributed by atoms with van der Waals surface area (Å²) in [4.78, 5) is 16.8. The zero-order valence-electron chi connectivity index (χ0n) is 13.9. The molecular weight excluding hydrogens is 332 g/mol. The number of nitrogens with zero attached hydrogens (tertiary/aromatic N) is 5. The van der Waals surface area contributed by atoms with Gasteiger partial charge in [-0.15, -0.1) is 0 Å². The van der Waals surface area contributed by atoms with Gasteiger partial charge in [0.2, 0.25) is 0 Å². The third-order valence-electron chi connectivity index (χ3n) is 4.38. The van der Waals surface area contributed by atoms with Gasteiger partial charge >= 0.3 is 0 Å². The number of piperidine rings is 1. The second-order valence-electron chi connectivity index (χ2n) is 6.02. The molecule has 1 aliphatic rings. The van der Waals surface area contributed by atoms with E-state index in [0.29, 0.717) is 11.3 Å². The molecule has 0 bridgehead atoms. The summed E-state index contributed by atoms with van der Waals surface area (Å²) in [6, 6.07) is 12.3. The van der Waals surface area contributed by atoms with Crippen molar-refractivity contribution >= 4 is 17.2 Å². The van der Waals surface area contributed by atoms with Crippen molar-refractivity contribution < 1.29 is 4.92 Å². The van der Waals surface area contributed by atoms with Crippen LogP contribution in [-0.4, -0.2) is 29.0 Å². The molecule has 8 heteroatoms. The number of anilines is 2. The number of rotatable bonds is 4. The van der Waals surface area contributed by atoms with E-state index in [1.54, 1.807) is 18.3 Å². The van der Waals surface area contributed by atoms with Crippen LogP contribution in [0.15, 0.2) is 36.5 Å². The lowest BCUT2D eigenvalue weighted by atomic mass is 10.0. The van der Waals surface area contributed by atoms with Gasteiger partial charge in [0.25, 0.3) is 5.69 Å². The van der Waals surface area contributed by atoms with Crippen LogP contribution in [0.3, 0.4) is 0 Å². The topological polar surface area (TPSA) is 119 Å². The van der Waals surface area contributed by atoms with E-state index in [2.05, 4.69) is 21.3 Å². The van der Waals surface area contributed by atoms with E-state index in [-0.39, 0.29) is 17.3 Å². The molecular formula is C18H16N6O2. The lowest BCUT2D eigenvalue weighted by Crippen LogP contribution is -2.39. The van der Waals surface area contributed by atoms with Crippen LogP contribution in [0.5, 0.6) is 0 Å². The van der Waals surface area contributed by atoms with Gasteiger partial charge in [0.1, 0.15) is 23.5 Å². The van der Waals surface area contributed by atoms with E-state index in [4.69, 9.17) is 10.5 Å². The summed E-state index contributed by atoms with van der Waals surface area (Å²) in [7, 11) is 0. The summed E-state index contributed by atoms with van der Waals surface area (Å²) >= 11 is 0. The molecule has 26 heavy (non-hydrogen) atoms. The molecule has 0 aliphatic carbocycles. The predicted molar refractivity (Wildman–Crippen MR) is 95.6 cm³/mol. The van der Waals surface area contributed by atoms with Crippen LogP contribution in [0.1, 0.15) is 24.0 Å². The second kappa shape index (κ2) is 7.49. The number of pyridine rings is 1. The maximum absolute atomic E-state index is 10.9. The number of nitrogens with one attached hydrogen (secondary N) is 1. The van der Waals surface area contributed by atoms with Crippen molar-refractivity contribution in [3.8, 4) is 12.1 Å². The molecule has 1 saturated heterocycles. The first-order valence-corrected chi connectivity index (χ1v) is 8.17. The third kappa shape index (κ3) is 3.70. The highest BCUT2D eigenvalue weighted by molar-refractivity contribution is 5.59. The van der Waals surface area contributed by atoms with Crippen molar-refractivity contribution in [2.75, 3.05) is 23.3 Å². The molecule has 0 unspecified atom stereocenters. The smallest absolute Gasteiger partial charge is 0.287 e. The van der Waals surface area contributed by atoms with Crippen molar-refractivity contribution in [3.05, 3.63) is 57.8 Å². The summed E-state index contributed by atoms with van der Waals surface area (Å²) < 4.78 is 0. The molecule has 130 valence electrons. The summed E-state index contributed by atoms with van der Waals surface area (Å²) in [5.74, 6) is 0.851. The third-order valence-corrected chi connectivity index (χ3v) is 4.38. The quantitative estimate of drug-likeness (QED) is 0.666. The SMILES string of the molecule is N#Cc1ccc(N2CCC(Nc3ccc([N+](=O)[O-])c(C#N)c3)CC2)nc1. The van der Waals surface area contributed by atoms with Crippen LogP contribution < -0.4 is 10.2 Å². The lowest BCUT2D eigenvalue weighted by molar-refractivity contribution is -0.385. The van der Waals surface area contributed by atoms with Gasteiger partial charge in [-0.05, 0) is 37.1 Å². The van der Waals surface area contributed by atoms with Crippen LogP contribution in [0, 0.1) is 32.8 Å². The van der Waals surface area contributed by atoms with E-state index in [1.807, 2.05) is 12.1 Å². The van der Waals surface area contributed by atoms with Crippen molar-refractivity contribution in [2.45, 2.75) is 18.9 Å². The number of nitro benzene ring substituents is 1. The standard InChI is InChI=1S/C18H16N6O2/c19-10-13-1-4-18(21-12-13)23-7-5-15(6-8-23)22-16-2-3-17(24(25)26)14(9-16)11-20/h1-4,9,12,15,22H,5-8H2. The first-order chi connectivity index (χ1) is 12.6. The summed E-state index contributed by atoms with van der Waals surface area (Å²) in [5, 5.41) is 32.2. The average Bonchev–Trinajstić information content (AvgIpc) is 2.68. The van der Waals surface area contributed by atoms with Gasteiger partial charge in [-0.1, -0.05) is 0 Å². The largest absolute Gasteiger partial charge is 0.382 e. The normalized spacial score (nSPS) is 14.3. The molecule has 0 radical (unpaired) electrons. The zero-order chi connectivity index (χ0) is 18.5. The van der Waals surface area contributed by atoms with E-state index in [1.165, 1.54) is 12.1 Å². The Hall–Kier alpha value is -3.65. The Labute approximate surface area is 150 Å². The Bertz CT molecular complexity index is 889. The summed E-state index contributed by atoms with van der Waals surface area (Å²) in [6.07, 6.45) is 3.32. The maximum Gasteiger partial charge on any atom is 0.287 e. The fourth-order valence-electron chi connectivity index (χ4n) is 3.00. The molecule has 1 aromatic carbocycles.